The fourth-order valence-corrected chi connectivity index (χ4v) is 1.53. The van der Waals surface area contributed by atoms with Crippen LogP contribution in [0.3, 0.4) is 0 Å². The number of alkyl halides is 3. The molecule has 0 saturated heterocycles. The number of benzene rings is 1. The SMILES string of the molecule is C=CCC(Cc1ccc(C(F)(F)F)cc1)NN. The van der Waals surface area contributed by atoms with E-state index in [-0.39, 0.29) is 6.04 Å². The van der Waals surface area contributed by atoms with Crippen LogP contribution in [0.4, 0.5) is 13.2 Å². The highest BCUT2D eigenvalue weighted by molar-refractivity contribution is 5.25. The Morgan fingerprint density at radius 1 is 1.29 bits per heavy atom. The maximum absolute atomic E-state index is 12.3. The third-order valence-corrected chi connectivity index (χ3v) is 2.45. The van der Waals surface area contributed by atoms with Crippen molar-refractivity contribution in [3.63, 3.8) is 0 Å². The van der Waals surface area contributed by atoms with Gasteiger partial charge in [-0.15, -0.1) is 6.58 Å². The maximum atomic E-state index is 12.3. The third-order valence-electron chi connectivity index (χ3n) is 2.45. The van der Waals surface area contributed by atoms with Gasteiger partial charge in [-0.2, -0.15) is 13.2 Å². The van der Waals surface area contributed by atoms with Gasteiger partial charge in [0.1, 0.15) is 0 Å². The summed E-state index contributed by atoms with van der Waals surface area (Å²) in [6, 6.07) is 5.09. The van der Waals surface area contributed by atoms with E-state index < -0.39 is 11.7 Å². The minimum atomic E-state index is -4.29. The first kappa shape index (κ1) is 13.7. The molecular formula is C12H15F3N2. The molecule has 0 fully saturated rings. The molecule has 0 aromatic heterocycles. The number of hydrogen-bond donors (Lipinski definition) is 2. The van der Waals surface area contributed by atoms with Crippen LogP contribution in [0.2, 0.25) is 0 Å². The minimum absolute atomic E-state index is 0.00997. The molecule has 1 atom stereocenters. The maximum Gasteiger partial charge on any atom is 0.416 e. The zero-order chi connectivity index (χ0) is 12.9. The average Bonchev–Trinajstić information content (AvgIpc) is 2.28. The van der Waals surface area contributed by atoms with Crippen LogP contribution < -0.4 is 11.3 Å². The van der Waals surface area contributed by atoms with Crippen molar-refractivity contribution in [1.29, 1.82) is 0 Å². The Hall–Kier alpha value is -1.33. The van der Waals surface area contributed by atoms with E-state index in [0.717, 1.165) is 17.7 Å². The minimum Gasteiger partial charge on any atom is -0.271 e. The lowest BCUT2D eigenvalue weighted by Gasteiger charge is -2.14. The molecule has 1 aromatic rings. The summed E-state index contributed by atoms with van der Waals surface area (Å²) in [4.78, 5) is 0. The van der Waals surface area contributed by atoms with Crippen LogP contribution in [-0.2, 0) is 12.6 Å². The molecule has 0 radical (unpaired) electrons. The largest absolute Gasteiger partial charge is 0.416 e. The summed E-state index contributed by atoms with van der Waals surface area (Å²) < 4.78 is 37.0. The van der Waals surface area contributed by atoms with Crippen molar-refractivity contribution >= 4 is 0 Å². The van der Waals surface area contributed by atoms with E-state index in [1.54, 1.807) is 6.08 Å². The van der Waals surface area contributed by atoms with Gasteiger partial charge >= 0.3 is 6.18 Å². The van der Waals surface area contributed by atoms with Crippen LogP contribution in [0, 0.1) is 0 Å². The van der Waals surface area contributed by atoms with Crippen LogP contribution in [0.15, 0.2) is 36.9 Å². The van der Waals surface area contributed by atoms with Gasteiger partial charge in [0.2, 0.25) is 0 Å². The van der Waals surface area contributed by atoms with E-state index in [4.69, 9.17) is 5.84 Å². The quantitative estimate of drug-likeness (QED) is 0.475. The van der Waals surface area contributed by atoms with Crippen LogP contribution in [0.25, 0.3) is 0 Å². The Kier molecular flexibility index (Phi) is 4.72. The zero-order valence-corrected chi connectivity index (χ0v) is 9.30. The lowest BCUT2D eigenvalue weighted by Crippen LogP contribution is -2.36. The van der Waals surface area contributed by atoms with E-state index in [0.29, 0.717) is 12.8 Å². The molecule has 0 aliphatic carbocycles. The normalized spacial score (nSPS) is 13.4. The van der Waals surface area contributed by atoms with Gasteiger partial charge in [-0.1, -0.05) is 18.2 Å². The average molecular weight is 244 g/mol. The standard InChI is InChI=1S/C12H15F3N2/c1-2-3-11(17-16)8-9-4-6-10(7-5-9)12(13,14)15/h2,4-7,11,17H,1,3,8,16H2. The van der Waals surface area contributed by atoms with Crippen LogP contribution >= 0.6 is 0 Å². The molecule has 1 rings (SSSR count). The molecule has 17 heavy (non-hydrogen) atoms. The number of hydrogen-bond acceptors (Lipinski definition) is 2. The molecule has 0 saturated carbocycles. The molecule has 0 bridgehead atoms. The first-order chi connectivity index (χ1) is 7.97. The molecule has 0 amide bonds. The van der Waals surface area contributed by atoms with E-state index in [9.17, 15) is 13.2 Å². The summed E-state index contributed by atoms with van der Waals surface area (Å²) in [5, 5.41) is 0. The first-order valence-corrected chi connectivity index (χ1v) is 5.20. The van der Waals surface area contributed by atoms with Gasteiger partial charge in [-0.3, -0.25) is 11.3 Å². The van der Waals surface area contributed by atoms with Crippen molar-refractivity contribution < 1.29 is 13.2 Å². The molecule has 0 heterocycles. The fourth-order valence-electron chi connectivity index (χ4n) is 1.53. The Morgan fingerprint density at radius 3 is 2.29 bits per heavy atom. The van der Waals surface area contributed by atoms with Crippen molar-refractivity contribution in [3.8, 4) is 0 Å². The molecule has 2 nitrogen and oxygen atoms in total. The summed E-state index contributed by atoms with van der Waals surface area (Å²) in [5.41, 5.74) is 2.77. The molecule has 0 aliphatic rings. The van der Waals surface area contributed by atoms with Gasteiger partial charge in [0.15, 0.2) is 0 Å². The van der Waals surface area contributed by atoms with Gasteiger partial charge in [0, 0.05) is 6.04 Å². The van der Waals surface area contributed by atoms with Crippen molar-refractivity contribution in [3.05, 3.63) is 48.0 Å². The van der Waals surface area contributed by atoms with E-state index in [1.165, 1.54) is 12.1 Å². The van der Waals surface area contributed by atoms with Crippen LogP contribution in [0.5, 0.6) is 0 Å². The predicted molar refractivity (Wildman–Crippen MR) is 61.1 cm³/mol. The summed E-state index contributed by atoms with van der Waals surface area (Å²) in [6.07, 6.45) is -1.34. The lowest BCUT2D eigenvalue weighted by molar-refractivity contribution is -0.137. The topological polar surface area (TPSA) is 38.0 Å². The molecule has 94 valence electrons. The number of hydrazine groups is 1. The third kappa shape index (κ3) is 4.20. The summed E-state index contributed by atoms with van der Waals surface area (Å²) in [5.74, 6) is 5.33. The number of nitrogens with one attached hydrogen (secondary N) is 1. The van der Waals surface area contributed by atoms with E-state index in [1.807, 2.05) is 0 Å². The lowest BCUT2D eigenvalue weighted by atomic mass is 10.0. The summed E-state index contributed by atoms with van der Waals surface area (Å²) >= 11 is 0. The second kappa shape index (κ2) is 5.84. The van der Waals surface area contributed by atoms with Crippen molar-refractivity contribution in [1.82, 2.24) is 5.43 Å². The predicted octanol–water partition coefficient (Wildman–Crippen LogP) is 2.66. The molecular weight excluding hydrogens is 229 g/mol. The molecule has 1 aromatic carbocycles. The van der Waals surface area contributed by atoms with E-state index >= 15 is 0 Å². The van der Waals surface area contributed by atoms with Crippen LogP contribution in [0.1, 0.15) is 17.5 Å². The summed E-state index contributed by atoms with van der Waals surface area (Å²) in [6.45, 7) is 3.59. The Labute approximate surface area is 98.3 Å². The van der Waals surface area contributed by atoms with Gasteiger partial charge in [0.05, 0.1) is 5.56 Å². The monoisotopic (exact) mass is 244 g/mol. The Balaban J connectivity index is 2.71. The number of nitrogens with two attached hydrogens (primary N) is 1. The summed E-state index contributed by atoms with van der Waals surface area (Å²) in [7, 11) is 0. The highest BCUT2D eigenvalue weighted by Crippen LogP contribution is 2.29. The number of halogens is 3. The second-order valence-corrected chi connectivity index (χ2v) is 3.79. The highest BCUT2D eigenvalue weighted by atomic mass is 19.4. The zero-order valence-electron chi connectivity index (χ0n) is 9.30. The number of rotatable bonds is 5. The molecule has 1 unspecified atom stereocenters. The second-order valence-electron chi connectivity index (χ2n) is 3.79. The van der Waals surface area contributed by atoms with Crippen molar-refractivity contribution in [2.24, 2.45) is 5.84 Å². The first-order valence-electron chi connectivity index (χ1n) is 5.20. The highest BCUT2D eigenvalue weighted by Gasteiger charge is 2.29. The van der Waals surface area contributed by atoms with Gasteiger partial charge in [-0.05, 0) is 30.5 Å². The molecule has 0 aliphatic heterocycles. The fraction of sp³-hybridized carbons (Fsp3) is 0.333. The molecule has 3 N–H and O–H groups in total. The van der Waals surface area contributed by atoms with E-state index in [2.05, 4.69) is 12.0 Å². The molecule has 0 spiro atoms. The van der Waals surface area contributed by atoms with Gasteiger partial charge < -0.3 is 0 Å². The van der Waals surface area contributed by atoms with Gasteiger partial charge in [0.25, 0.3) is 0 Å². The smallest absolute Gasteiger partial charge is 0.271 e. The molecule has 5 heteroatoms. The van der Waals surface area contributed by atoms with Crippen molar-refractivity contribution in [2.75, 3.05) is 0 Å². The van der Waals surface area contributed by atoms with Crippen molar-refractivity contribution in [2.45, 2.75) is 25.1 Å². The van der Waals surface area contributed by atoms with Gasteiger partial charge in [-0.25, -0.2) is 0 Å². The van der Waals surface area contributed by atoms with Crippen LogP contribution in [-0.4, -0.2) is 6.04 Å². The Morgan fingerprint density at radius 2 is 1.88 bits per heavy atom. The Bertz CT molecular complexity index is 357.